The zero-order chi connectivity index (χ0) is 17.1. The van der Waals surface area contributed by atoms with Gasteiger partial charge in [0.05, 0.1) is 24.7 Å². The molecule has 1 N–H and O–H groups in total. The van der Waals surface area contributed by atoms with E-state index >= 15 is 0 Å². The van der Waals surface area contributed by atoms with Crippen LogP contribution in [0.25, 0.3) is 0 Å². The average molecular weight is 354 g/mol. The Labute approximate surface area is 143 Å². The second-order valence-corrected chi connectivity index (χ2v) is 5.88. The number of carbonyl (C=O) groups excluding carboxylic acids is 1. The lowest BCUT2D eigenvalue weighted by Crippen LogP contribution is -2.47. The van der Waals surface area contributed by atoms with Crippen molar-refractivity contribution < 1.29 is 13.9 Å². The molecule has 7 nitrogen and oxygen atoms in total. The van der Waals surface area contributed by atoms with Crippen LogP contribution < -0.4 is 5.32 Å². The zero-order valence-electron chi connectivity index (χ0n) is 13.1. The number of ether oxygens (including phenoxy) is 1. The summed E-state index contributed by atoms with van der Waals surface area (Å²) in [5.41, 5.74) is 0.741. The standard InChI is InChI=1S/C15H17ClFN5O2/c1-21-9-19-14(20-21)7-18-15(23)22-4-5-24-13(8-22)10-2-3-12(17)11(16)6-10/h2-3,6,9,13H,4-5,7-8H2,1H3,(H,18,23). The fourth-order valence-corrected chi connectivity index (χ4v) is 2.67. The molecule has 0 saturated carbocycles. The van der Waals surface area contributed by atoms with Gasteiger partial charge in [-0.2, -0.15) is 5.10 Å². The van der Waals surface area contributed by atoms with Gasteiger partial charge < -0.3 is 15.0 Å². The van der Waals surface area contributed by atoms with Crippen LogP contribution in [0.3, 0.4) is 0 Å². The predicted octanol–water partition coefficient (Wildman–Crippen LogP) is 1.89. The molecule has 1 fully saturated rings. The Balaban J connectivity index is 1.60. The molecule has 1 aliphatic heterocycles. The SMILES string of the molecule is Cn1cnc(CNC(=O)N2CCOC(c3ccc(F)c(Cl)c3)C2)n1. The van der Waals surface area contributed by atoms with Crippen LogP contribution in [0, 0.1) is 5.82 Å². The minimum atomic E-state index is -0.478. The summed E-state index contributed by atoms with van der Waals surface area (Å²) in [7, 11) is 1.76. The molecule has 1 aromatic carbocycles. The van der Waals surface area contributed by atoms with Gasteiger partial charge >= 0.3 is 6.03 Å². The fourth-order valence-electron chi connectivity index (χ4n) is 2.48. The van der Waals surface area contributed by atoms with Crippen LogP contribution >= 0.6 is 11.6 Å². The Bertz CT molecular complexity index is 738. The lowest BCUT2D eigenvalue weighted by molar-refractivity contribution is -0.0155. The highest BCUT2D eigenvalue weighted by atomic mass is 35.5. The quantitative estimate of drug-likeness (QED) is 0.914. The highest BCUT2D eigenvalue weighted by molar-refractivity contribution is 6.30. The van der Waals surface area contributed by atoms with Crippen LogP contribution in [-0.4, -0.2) is 45.4 Å². The molecular formula is C15H17ClFN5O2. The summed E-state index contributed by atoms with van der Waals surface area (Å²) in [4.78, 5) is 18.0. The van der Waals surface area contributed by atoms with Gasteiger partial charge in [0, 0.05) is 13.6 Å². The van der Waals surface area contributed by atoms with Gasteiger partial charge in [-0.3, -0.25) is 4.68 Å². The maximum absolute atomic E-state index is 13.3. The van der Waals surface area contributed by atoms with Crippen LogP contribution in [0.2, 0.25) is 5.02 Å². The molecule has 24 heavy (non-hydrogen) atoms. The van der Waals surface area contributed by atoms with E-state index in [0.717, 1.165) is 5.56 Å². The van der Waals surface area contributed by atoms with Gasteiger partial charge in [0.1, 0.15) is 18.2 Å². The van der Waals surface area contributed by atoms with Crippen LogP contribution in [0.5, 0.6) is 0 Å². The second kappa shape index (κ2) is 7.14. The van der Waals surface area contributed by atoms with E-state index in [1.165, 1.54) is 12.1 Å². The third-order valence-corrected chi connectivity index (χ3v) is 4.00. The molecule has 0 spiro atoms. The number of urea groups is 1. The van der Waals surface area contributed by atoms with Crippen LogP contribution in [0.4, 0.5) is 9.18 Å². The maximum Gasteiger partial charge on any atom is 0.317 e. The lowest BCUT2D eigenvalue weighted by Gasteiger charge is -2.33. The third kappa shape index (κ3) is 3.82. The normalized spacial score (nSPS) is 17.8. The van der Waals surface area contributed by atoms with E-state index in [4.69, 9.17) is 16.3 Å². The Morgan fingerprint density at radius 3 is 3.08 bits per heavy atom. The minimum absolute atomic E-state index is 0.0406. The van der Waals surface area contributed by atoms with E-state index in [9.17, 15) is 9.18 Å². The summed E-state index contributed by atoms with van der Waals surface area (Å²) >= 11 is 5.81. The number of benzene rings is 1. The van der Waals surface area contributed by atoms with Gasteiger partial charge in [-0.25, -0.2) is 14.2 Å². The molecule has 2 aromatic rings. The predicted molar refractivity (Wildman–Crippen MR) is 84.9 cm³/mol. The van der Waals surface area contributed by atoms with Crippen molar-refractivity contribution in [2.45, 2.75) is 12.6 Å². The second-order valence-electron chi connectivity index (χ2n) is 5.47. The average Bonchev–Trinajstić information content (AvgIpc) is 3.00. The number of nitrogens with one attached hydrogen (secondary N) is 1. The van der Waals surface area contributed by atoms with Crippen molar-refractivity contribution in [3.05, 3.63) is 46.8 Å². The summed E-state index contributed by atoms with van der Waals surface area (Å²) in [6, 6.07) is 4.22. The van der Waals surface area contributed by atoms with Crippen molar-refractivity contribution in [1.82, 2.24) is 25.0 Å². The Morgan fingerprint density at radius 1 is 1.54 bits per heavy atom. The summed E-state index contributed by atoms with van der Waals surface area (Å²) in [6.45, 7) is 1.50. The Morgan fingerprint density at radius 2 is 2.38 bits per heavy atom. The van der Waals surface area contributed by atoms with E-state index in [0.29, 0.717) is 25.5 Å². The first kappa shape index (κ1) is 16.7. The van der Waals surface area contributed by atoms with Crippen LogP contribution in [-0.2, 0) is 18.3 Å². The topological polar surface area (TPSA) is 72.3 Å². The molecule has 0 radical (unpaired) electrons. The van der Waals surface area contributed by atoms with Crippen molar-refractivity contribution >= 4 is 17.6 Å². The number of carbonyl (C=O) groups is 1. The fraction of sp³-hybridized carbons (Fsp3) is 0.400. The van der Waals surface area contributed by atoms with Gasteiger partial charge in [-0.1, -0.05) is 17.7 Å². The summed E-state index contributed by atoms with van der Waals surface area (Å²) in [5, 5.41) is 6.93. The summed E-state index contributed by atoms with van der Waals surface area (Å²) in [6.07, 6.45) is 1.24. The molecule has 2 amide bonds. The number of nitrogens with zero attached hydrogens (tertiary/aromatic N) is 4. The van der Waals surface area contributed by atoms with E-state index < -0.39 is 5.82 Å². The maximum atomic E-state index is 13.3. The number of hydrogen-bond donors (Lipinski definition) is 1. The van der Waals surface area contributed by atoms with Crippen LogP contribution in [0.15, 0.2) is 24.5 Å². The number of aromatic nitrogens is 3. The van der Waals surface area contributed by atoms with Crippen molar-refractivity contribution in [3.63, 3.8) is 0 Å². The number of rotatable bonds is 3. The zero-order valence-corrected chi connectivity index (χ0v) is 13.8. The molecule has 3 rings (SSSR count). The molecule has 9 heteroatoms. The van der Waals surface area contributed by atoms with Gasteiger partial charge in [0.15, 0.2) is 5.82 Å². The van der Waals surface area contributed by atoms with Gasteiger partial charge in [0.25, 0.3) is 0 Å². The van der Waals surface area contributed by atoms with Gasteiger partial charge in [0.2, 0.25) is 0 Å². The molecule has 0 aliphatic carbocycles. The van der Waals surface area contributed by atoms with Crippen molar-refractivity contribution in [3.8, 4) is 0 Å². The molecule has 1 unspecified atom stereocenters. The molecule has 2 heterocycles. The van der Waals surface area contributed by atoms with Crippen molar-refractivity contribution in [2.24, 2.45) is 7.05 Å². The highest BCUT2D eigenvalue weighted by Crippen LogP contribution is 2.26. The smallest absolute Gasteiger partial charge is 0.317 e. The van der Waals surface area contributed by atoms with E-state index in [-0.39, 0.29) is 23.7 Å². The number of morpholine rings is 1. The van der Waals surface area contributed by atoms with E-state index in [2.05, 4.69) is 15.4 Å². The highest BCUT2D eigenvalue weighted by Gasteiger charge is 2.26. The number of aryl methyl sites for hydroxylation is 1. The molecule has 128 valence electrons. The third-order valence-electron chi connectivity index (χ3n) is 3.71. The van der Waals surface area contributed by atoms with Crippen molar-refractivity contribution in [2.75, 3.05) is 19.7 Å². The molecule has 1 saturated heterocycles. The minimum Gasteiger partial charge on any atom is -0.370 e. The van der Waals surface area contributed by atoms with Gasteiger partial charge in [-0.15, -0.1) is 0 Å². The molecule has 1 aliphatic rings. The van der Waals surface area contributed by atoms with Gasteiger partial charge in [-0.05, 0) is 17.7 Å². The Hall–Kier alpha value is -2.19. The van der Waals surface area contributed by atoms with E-state index in [1.54, 1.807) is 29.0 Å². The first-order valence-corrected chi connectivity index (χ1v) is 7.84. The molecule has 1 atom stereocenters. The van der Waals surface area contributed by atoms with Crippen molar-refractivity contribution in [1.29, 1.82) is 0 Å². The largest absolute Gasteiger partial charge is 0.370 e. The summed E-state index contributed by atoms with van der Waals surface area (Å²) < 4.78 is 20.5. The molecule has 0 bridgehead atoms. The van der Waals surface area contributed by atoms with Crippen LogP contribution in [0.1, 0.15) is 17.5 Å². The number of hydrogen-bond acceptors (Lipinski definition) is 4. The number of amides is 2. The Kier molecular flexibility index (Phi) is 4.96. The lowest BCUT2D eigenvalue weighted by atomic mass is 10.1. The number of halogens is 2. The first-order chi connectivity index (χ1) is 11.5. The molecule has 1 aromatic heterocycles. The molecular weight excluding hydrogens is 337 g/mol. The first-order valence-electron chi connectivity index (χ1n) is 7.47. The monoisotopic (exact) mass is 353 g/mol. The van der Waals surface area contributed by atoms with E-state index in [1.807, 2.05) is 0 Å². The summed E-state index contributed by atoms with van der Waals surface area (Å²) in [5.74, 6) is 0.0645.